The molecule has 136 valence electrons. The van der Waals surface area contributed by atoms with Gasteiger partial charge in [0.15, 0.2) is 5.69 Å². The Morgan fingerprint density at radius 3 is 2.50 bits per heavy atom. The van der Waals surface area contributed by atoms with Crippen molar-refractivity contribution in [2.75, 3.05) is 5.32 Å². The van der Waals surface area contributed by atoms with Gasteiger partial charge in [-0.25, -0.2) is 9.97 Å². The summed E-state index contributed by atoms with van der Waals surface area (Å²) in [6.07, 6.45) is 6.80. The summed E-state index contributed by atoms with van der Waals surface area (Å²) in [6.45, 7) is 10.4. The van der Waals surface area contributed by atoms with Crippen molar-refractivity contribution >= 4 is 11.6 Å². The molecule has 1 N–H and O–H groups in total. The summed E-state index contributed by atoms with van der Waals surface area (Å²) >= 11 is 0. The molecule has 3 rings (SSSR count). The first-order valence-electron chi connectivity index (χ1n) is 8.62. The average molecular weight is 352 g/mol. The molecule has 3 heterocycles. The van der Waals surface area contributed by atoms with Crippen LogP contribution < -0.4 is 5.32 Å². The van der Waals surface area contributed by atoms with E-state index in [1.807, 2.05) is 29.1 Å². The monoisotopic (exact) mass is 352 g/mol. The van der Waals surface area contributed by atoms with Gasteiger partial charge in [-0.15, -0.1) is 0 Å². The van der Waals surface area contributed by atoms with Gasteiger partial charge in [-0.1, -0.05) is 13.8 Å². The van der Waals surface area contributed by atoms with Gasteiger partial charge in [0.25, 0.3) is 5.91 Å². The lowest BCUT2D eigenvalue weighted by atomic mass is 10.1. The van der Waals surface area contributed by atoms with E-state index in [4.69, 9.17) is 0 Å². The Morgan fingerprint density at radius 2 is 2.00 bits per heavy atom. The molecule has 0 atom stereocenters. The van der Waals surface area contributed by atoms with Crippen molar-refractivity contribution < 1.29 is 4.79 Å². The lowest BCUT2D eigenvalue weighted by Gasteiger charge is -2.23. The molecule has 3 aromatic rings. The molecule has 0 saturated heterocycles. The Labute approximate surface area is 153 Å². The van der Waals surface area contributed by atoms with E-state index in [0.717, 1.165) is 11.5 Å². The van der Waals surface area contributed by atoms with Crippen molar-refractivity contribution in [3.8, 4) is 5.82 Å². The van der Waals surface area contributed by atoms with Crippen LogP contribution >= 0.6 is 0 Å². The maximum atomic E-state index is 12.6. The largest absolute Gasteiger partial charge is 0.319 e. The number of rotatable bonds is 4. The van der Waals surface area contributed by atoms with Gasteiger partial charge < -0.3 is 5.32 Å². The highest BCUT2D eigenvalue weighted by atomic mass is 16.2. The van der Waals surface area contributed by atoms with Crippen LogP contribution in [0.5, 0.6) is 0 Å². The zero-order chi connectivity index (χ0) is 18.9. The number of imidazole rings is 1. The fraction of sp³-hybridized carbons (Fsp3) is 0.368. The molecule has 1 amide bonds. The van der Waals surface area contributed by atoms with Crippen LogP contribution in [-0.2, 0) is 5.54 Å². The second-order valence-corrected chi connectivity index (χ2v) is 7.52. The Balaban J connectivity index is 1.80. The predicted molar refractivity (Wildman–Crippen MR) is 101 cm³/mol. The maximum absolute atomic E-state index is 12.6. The topological polar surface area (TPSA) is 77.6 Å². The summed E-state index contributed by atoms with van der Waals surface area (Å²) in [4.78, 5) is 20.9. The highest BCUT2D eigenvalue weighted by Gasteiger charge is 2.23. The maximum Gasteiger partial charge on any atom is 0.276 e. The second kappa shape index (κ2) is 6.74. The third-order valence-electron chi connectivity index (χ3n) is 3.97. The van der Waals surface area contributed by atoms with Crippen LogP contribution in [0.4, 0.5) is 5.69 Å². The van der Waals surface area contributed by atoms with Gasteiger partial charge >= 0.3 is 0 Å². The molecule has 26 heavy (non-hydrogen) atoms. The van der Waals surface area contributed by atoms with Gasteiger partial charge in [0.1, 0.15) is 12.1 Å². The Bertz CT molecular complexity index is 885. The highest BCUT2D eigenvalue weighted by molar-refractivity contribution is 6.02. The fourth-order valence-electron chi connectivity index (χ4n) is 2.66. The molecular formula is C19H24N6O. The zero-order valence-electron chi connectivity index (χ0n) is 15.8. The van der Waals surface area contributed by atoms with Crippen LogP contribution in [0, 0.1) is 0 Å². The van der Waals surface area contributed by atoms with Crippen molar-refractivity contribution in [3.63, 3.8) is 0 Å². The minimum absolute atomic E-state index is 0.188. The van der Waals surface area contributed by atoms with Gasteiger partial charge in [-0.05, 0) is 44.9 Å². The first kappa shape index (κ1) is 17.8. The molecule has 0 aliphatic carbocycles. The molecule has 0 radical (unpaired) electrons. The van der Waals surface area contributed by atoms with E-state index in [-0.39, 0.29) is 17.4 Å². The number of aromatic nitrogens is 5. The van der Waals surface area contributed by atoms with Gasteiger partial charge in [0.2, 0.25) is 0 Å². The number of hydrogen-bond donors (Lipinski definition) is 1. The van der Waals surface area contributed by atoms with Crippen LogP contribution in [0.3, 0.4) is 0 Å². The van der Waals surface area contributed by atoms with E-state index in [1.54, 1.807) is 23.3 Å². The SMILES string of the molecule is CC(C)c1cc(C(=O)Nc2ccc(-n3ccnc3)nc2)nn1C(C)(C)C. The molecule has 0 aliphatic rings. The Morgan fingerprint density at radius 1 is 1.23 bits per heavy atom. The molecule has 0 aliphatic heterocycles. The van der Waals surface area contributed by atoms with Crippen LogP contribution in [0.1, 0.15) is 56.7 Å². The number of carbonyl (C=O) groups is 1. The average Bonchev–Trinajstić information content (AvgIpc) is 3.25. The molecular weight excluding hydrogens is 328 g/mol. The summed E-state index contributed by atoms with van der Waals surface area (Å²) in [5.41, 5.74) is 1.88. The molecule has 0 aromatic carbocycles. The van der Waals surface area contributed by atoms with Crippen molar-refractivity contribution in [1.82, 2.24) is 24.3 Å². The normalized spacial score (nSPS) is 11.8. The third kappa shape index (κ3) is 3.66. The number of pyridine rings is 1. The Kier molecular flexibility index (Phi) is 4.63. The van der Waals surface area contributed by atoms with Crippen molar-refractivity contribution in [1.29, 1.82) is 0 Å². The number of hydrogen-bond acceptors (Lipinski definition) is 4. The lowest BCUT2D eigenvalue weighted by molar-refractivity contribution is 0.102. The van der Waals surface area contributed by atoms with Gasteiger partial charge in [-0.2, -0.15) is 5.10 Å². The number of nitrogens with one attached hydrogen (secondary N) is 1. The zero-order valence-corrected chi connectivity index (χ0v) is 15.8. The molecule has 0 saturated carbocycles. The first-order valence-corrected chi connectivity index (χ1v) is 8.62. The quantitative estimate of drug-likeness (QED) is 0.778. The van der Waals surface area contributed by atoms with Crippen LogP contribution in [0.2, 0.25) is 0 Å². The van der Waals surface area contributed by atoms with Crippen molar-refractivity contribution in [2.45, 2.75) is 46.1 Å². The highest BCUT2D eigenvalue weighted by Crippen LogP contribution is 2.24. The summed E-state index contributed by atoms with van der Waals surface area (Å²) in [5.74, 6) is 0.770. The van der Waals surface area contributed by atoms with Gasteiger partial charge in [0.05, 0.1) is 17.4 Å². The van der Waals surface area contributed by atoms with E-state index >= 15 is 0 Å². The smallest absolute Gasteiger partial charge is 0.276 e. The summed E-state index contributed by atoms with van der Waals surface area (Å²) < 4.78 is 3.72. The summed E-state index contributed by atoms with van der Waals surface area (Å²) in [5, 5.41) is 7.39. The minimum Gasteiger partial charge on any atom is -0.319 e. The van der Waals surface area contributed by atoms with Gasteiger partial charge in [-0.3, -0.25) is 14.0 Å². The van der Waals surface area contributed by atoms with E-state index in [9.17, 15) is 4.79 Å². The van der Waals surface area contributed by atoms with Crippen LogP contribution in [-0.4, -0.2) is 30.2 Å². The molecule has 0 unspecified atom stereocenters. The van der Waals surface area contributed by atoms with E-state index < -0.39 is 0 Å². The van der Waals surface area contributed by atoms with Crippen LogP contribution in [0.15, 0.2) is 43.1 Å². The number of amides is 1. The predicted octanol–water partition coefficient (Wildman–Crippen LogP) is 3.59. The van der Waals surface area contributed by atoms with Crippen molar-refractivity contribution in [2.24, 2.45) is 0 Å². The molecule has 0 spiro atoms. The van der Waals surface area contributed by atoms with Crippen LogP contribution in [0.25, 0.3) is 5.82 Å². The van der Waals surface area contributed by atoms with Gasteiger partial charge in [0, 0.05) is 18.1 Å². The van der Waals surface area contributed by atoms with Crippen molar-refractivity contribution in [3.05, 3.63) is 54.5 Å². The summed E-state index contributed by atoms with van der Waals surface area (Å²) in [6, 6.07) is 5.49. The molecule has 0 bridgehead atoms. The van der Waals surface area contributed by atoms with E-state index in [0.29, 0.717) is 11.4 Å². The number of anilines is 1. The summed E-state index contributed by atoms with van der Waals surface area (Å²) in [7, 11) is 0. The number of carbonyl (C=O) groups excluding carboxylic acids is 1. The second-order valence-electron chi connectivity index (χ2n) is 7.52. The fourth-order valence-corrected chi connectivity index (χ4v) is 2.66. The van der Waals surface area contributed by atoms with E-state index in [2.05, 4.69) is 55.0 Å². The molecule has 0 fully saturated rings. The molecule has 7 heteroatoms. The standard InChI is InChI=1S/C19H24N6O/c1-13(2)16-10-15(23-25(16)19(3,4)5)18(26)22-14-6-7-17(21-11-14)24-9-8-20-12-24/h6-13H,1-5H3,(H,22,26). The third-order valence-corrected chi connectivity index (χ3v) is 3.97. The number of nitrogens with zero attached hydrogens (tertiary/aromatic N) is 5. The first-order chi connectivity index (χ1) is 12.3. The molecule has 3 aromatic heterocycles. The Hall–Kier alpha value is -2.96. The van der Waals surface area contributed by atoms with E-state index in [1.165, 1.54) is 0 Å². The molecule has 7 nitrogen and oxygen atoms in total. The lowest BCUT2D eigenvalue weighted by Crippen LogP contribution is -2.26. The minimum atomic E-state index is -0.243.